The van der Waals surface area contributed by atoms with Crippen LogP contribution in [0.5, 0.6) is 0 Å². The van der Waals surface area contributed by atoms with Gasteiger partial charge in [-0.1, -0.05) is 22.9 Å². The summed E-state index contributed by atoms with van der Waals surface area (Å²) in [5, 5.41) is 3.30. The van der Waals surface area contributed by atoms with Gasteiger partial charge >= 0.3 is 0 Å². The molecule has 1 heterocycles. The lowest BCUT2D eigenvalue weighted by Gasteiger charge is -2.34. The summed E-state index contributed by atoms with van der Waals surface area (Å²) >= 11 is 3.35. The van der Waals surface area contributed by atoms with E-state index >= 15 is 0 Å². The SMILES string of the molecule is Cc1cc(Br)ccc1S(=O)(=O)NCC1(C)CCNCC1.Cl. The minimum absolute atomic E-state index is 0. The molecule has 4 nitrogen and oxygen atoms in total. The van der Waals surface area contributed by atoms with E-state index in [2.05, 4.69) is 32.9 Å². The van der Waals surface area contributed by atoms with Crippen molar-refractivity contribution in [2.75, 3.05) is 19.6 Å². The van der Waals surface area contributed by atoms with Crippen LogP contribution in [-0.4, -0.2) is 28.1 Å². The number of halogens is 2. The third-order valence-corrected chi connectivity index (χ3v) is 5.98. The predicted molar refractivity (Wildman–Crippen MR) is 91.5 cm³/mol. The molecule has 2 N–H and O–H groups in total. The van der Waals surface area contributed by atoms with Gasteiger partial charge in [-0.05, 0) is 62.0 Å². The van der Waals surface area contributed by atoms with Crippen LogP contribution in [0, 0.1) is 12.3 Å². The van der Waals surface area contributed by atoms with E-state index in [0.717, 1.165) is 36.0 Å². The van der Waals surface area contributed by atoms with Crippen molar-refractivity contribution in [2.45, 2.75) is 31.6 Å². The molecule has 1 fully saturated rings. The summed E-state index contributed by atoms with van der Waals surface area (Å²) in [5.41, 5.74) is 0.795. The summed E-state index contributed by atoms with van der Waals surface area (Å²) in [7, 11) is -3.44. The number of aryl methyl sites for hydroxylation is 1. The van der Waals surface area contributed by atoms with Crippen molar-refractivity contribution in [2.24, 2.45) is 5.41 Å². The molecule has 1 aromatic carbocycles. The molecule has 0 spiro atoms. The largest absolute Gasteiger partial charge is 0.317 e. The highest BCUT2D eigenvalue weighted by molar-refractivity contribution is 9.10. The van der Waals surface area contributed by atoms with Crippen LogP contribution < -0.4 is 10.0 Å². The fourth-order valence-electron chi connectivity index (χ4n) is 2.47. The second-order valence-corrected chi connectivity index (χ2v) is 8.45. The van der Waals surface area contributed by atoms with Crippen molar-refractivity contribution in [1.82, 2.24) is 10.0 Å². The van der Waals surface area contributed by atoms with Crippen LogP contribution in [0.15, 0.2) is 27.6 Å². The average Bonchev–Trinajstić information content (AvgIpc) is 2.37. The lowest BCUT2D eigenvalue weighted by Crippen LogP contribution is -2.42. The van der Waals surface area contributed by atoms with E-state index < -0.39 is 10.0 Å². The van der Waals surface area contributed by atoms with Crippen molar-refractivity contribution in [3.05, 3.63) is 28.2 Å². The van der Waals surface area contributed by atoms with Crippen molar-refractivity contribution in [3.63, 3.8) is 0 Å². The van der Waals surface area contributed by atoms with E-state index in [1.54, 1.807) is 12.1 Å². The van der Waals surface area contributed by atoms with Crippen LogP contribution in [0.4, 0.5) is 0 Å². The zero-order valence-electron chi connectivity index (χ0n) is 12.3. The molecule has 0 aromatic heterocycles. The Morgan fingerprint density at radius 2 is 1.95 bits per heavy atom. The molecule has 0 atom stereocenters. The Balaban J connectivity index is 0.00000220. The molecule has 21 heavy (non-hydrogen) atoms. The smallest absolute Gasteiger partial charge is 0.240 e. The van der Waals surface area contributed by atoms with Gasteiger partial charge in [0.25, 0.3) is 0 Å². The normalized spacial score (nSPS) is 18.0. The van der Waals surface area contributed by atoms with Gasteiger partial charge in [-0.3, -0.25) is 0 Å². The van der Waals surface area contributed by atoms with Gasteiger partial charge in [0, 0.05) is 11.0 Å². The number of hydrogen-bond donors (Lipinski definition) is 2. The molecule has 0 saturated carbocycles. The maximum atomic E-state index is 12.4. The van der Waals surface area contributed by atoms with E-state index in [4.69, 9.17) is 0 Å². The molecule has 0 radical (unpaired) electrons. The fraction of sp³-hybridized carbons (Fsp3) is 0.571. The van der Waals surface area contributed by atoms with E-state index in [-0.39, 0.29) is 17.8 Å². The van der Waals surface area contributed by atoms with Crippen LogP contribution >= 0.6 is 28.3 Å². The number of piperidine rings is 1. The van der Waals surface area contributed by atoms with Crippen molar-refractivity contribution in [3.8, 4) is 0 Å². The maximum Gasteiger partial charge on any atom is 0.240 e. The van der Waals surface area contributed by atoms with Gasteiger partial charge in [0.2, 0.25) is 10.0 Å². The number of sulfonamides is 1. The topological polar surface area (TPSA) is 58.2 Å². The first-order valence-electron chi connectivity index (χ1n) is 6.79. The monoisotopic (exact) mass is 396 g/mol. The van der Waals surface area contributed by atoms with Gasteiger partial charge in [0.05, 0.1) is 4.90 Å². The van der Waals surface area contributed by atoms with Gasteiger partial charge in [-0.15, -0.1) is 12.4 Å². The maximum absolute atomic E-state index is 12.4. The summed E-state index contributed by atoms with van der Waals surface area (Å²) in [6.45, 7) is 6.36. The lowest BCUT2D eigenvalue weighted by molar-refractivity contribution is 0.232. The first kappa shape index (κ1) is 18.9. The second kappa shape index (κ2) is 7.42. The molecule has 1 saturated heterocycles. The van der Waals surface area contributed by atoms with Gasteiger partial charge in [-0.2, -0.15) is 0 Å². The molecular weight excluding hydrogens is 376 g/mol. The Morgan fingerprint density at radius 3 is 2.52 bits per heavy atom. The molecule has 1 aliphatic rings. The predicted octanol–water partition coefficient (Wildman–Crippen LogP) is 2.85. The Hall–Kier alpha value is -0.140. The lowest BCUT2D eigenvalue weighted by atomic mass is 9.81. The quantitative estimate of drug-likeness (QED) is 0.821. The molecule has 0 unspecified atom stereocenters. The molecule has 120 valence electrons. The second-order valence-electron chi connectivity index (χ2n) is 5.80. The fourth-order valence-corrected chi connectivity index (χ4v) is 4.37. The van der Waals surface area contributed by atoms with Crippen LogP contribution in [-0.2, 0) is 10.0 Å². The van der Waals surface area contributed by atoms with Crippen LogP contribution in [0.25, 0.3) is 0 Å². The van der Waals surface area contributed by atoms with E-state index in [9.17, 15) is 8.42 Å². The van der Waals surface area contributed by atoms with Gasteiger partial charge in [-0.25, -0.2) is 13.1 Å². The van der Waals surface area contributed by atoms with Crippen molar-refractivity contribution >= 4 is 38.4 Å². The molecule has 0 bridgehead atoms. The molecule has 1 aliphatic heterocycles. The zero-order chi connectivity index (χ0) is 14.8. The average molecular weight is 398 g/mol. The first-order valence-corrected chi connectivity index (χ1v) is 9.07. The van der Waals surface area contributed by atoms with Crippen molar-refractivity contribution in [1.29, 1.82) is 0 Å². The minimum Gasteiger partial charge on any atom is -0.317 e. The highest BCUT2D eigenvalue weighted by Gasteiger charge is 2.29. The third kappa shape index (κ3) is 4.93. The molecule has 1 aromatic rings. The van der Waals surface area contributed by atoms with Crippen LogP contribution in [0.2, 0.25) is 0 Å². The van der Waals surface area contributed by atoms with Gasteiger partial charge in [0.15, 0.2) is 0 Å². The highest BCUT2D eigenvalue weighted by Crippen LogP contribution is 2.28. The third-order valence-electron chi connectivity index (χ3n) is 3.93. The standard InChI is InChI=1S/C14H21BrN2O2S.ClH/c1-11-9-12(15)3-4-13(11)20(18,19)17-10-14(2)5-7-16-8-6-14;/h3-4,9,16-17H,5-8,10H2,1-2H3;1H. The zero-order valence-corrected chi connectivity index (χ0v) is 15.5. The minimum atomic E-state index is -3.44. The van der Waals surface area contributed by atoms with Crippen molar-refractivity contribution < 1.29 is 8.42 Å². The molecule has 0 aliphatic carbocycles. The molecule has 7 heteroatoms. The molecule has 0 amide bonds. The summed E-state index contributed by atoms with van der Waals surface area (Å²) in [6, 6.07) is 5.22. The molecular formula is C14H22BrClN2O2S. The van der Waals surface area contributed by atoms with Gasteiger partial charge < -0.3 is 5.32 Å². The van der Waals surface area contributed by atoms with Gasteiger partial charge in [0.1, 0.15) is 0 Å². The summed E-state index contributed by atoms with van der Waals surface area (Å²) in [5.74, 6) is 0. The van der Waals surface area contributed by atoms with Crippen LogP contribution in [0.1, 0.15) is 25.3 Å². The van der Waals surface area contributed by atoms with E-state index in [1.807, 2.05) is 13.0 Å². The number of nitrogens with one attached hydrogen (secondary N) is 2. The number of rotatable bonds is 4. The summed E-state index contributed by atoms with van der Waals surface area (Å²) in [6.07, 6.45) is 1.99. The number of hydrogen-bond acceptors (Lipinski definition) is 3. The Kier molecular flexibility index (Phi) is 6.68. The van der Waals surface area contributed by atoms with E-state index in [0.29, 0.717) is 11.4 Å². The molecule has 2 rings (SSSR count). The Morgan fingerprint density at radius 1 is 1.33 bits per heavy atom. The Labute approximate surface area is 141 Å². The first-order chi connectivity index (χ1) is 9.32. The summed E-state index contributed by atoms with van der Waals surface area (Å²) in [4.78, 5) is 0.359. The summed E-state index contributed by atoms with van der Waals surface area (Å²) < 4.78 is 28.5. The Bertz CT molecular complexity index is 587. The van der Waals surface area contributed by atoms with Crippen LogP contribution in [0.3, 0.4) is 0 Å². The highest BCUT2D eigenvalue weighted by atomic mass is 79.9. The number of benzene rings is 1. The van der Waals surface area contributed by atoms with E-state index in [1.165, 1.54) is 0 Å².